The van der Waals surface area contributed by atoms with Gasteiger partial charge in [0.1, 0.15) is 0 Å². The first-order chi connectivity index (χ1) is 14.1. The Morgan fingerprint density at radius 2 is 1.17 bits per heavy atom. The lowest BCUT2D eigenvalue weighted by molar-refractivity contribution is -0.137. The number of rotatable bonds is 17. The monoisotopic (exact) mass is 404 g/mol. The zero-order valence-electron chi connectivity index (χ0n) is 18.2. The van der Waals surface area contributed by atoms with Crippen molar-refractivity contribution in [3.05, 3.63) is 29.8 Å². The first-order valence-corrected chi connectivity index (χ1v) is 11.4. The predicted octanol–water partition coefficient (Wildman–Crippen LogP) is 6.66. The SMILES string of the molecule is Cc1ccc(NC(=O)NCCCCCCCCCCCCCCCC(=O)O)cc1. The van der Waals surface area contributed by atoms with Crippen molar-refractivity contribution >= 4 is 17.7 Å². The summed E-state index contributed by atoms with van der Waals surface area (Å²) in [6.07, 6.45) is 15.8. The average molecular weight is 405 g/mol. The number of aliphatic carboxylic acids is 1. The Kier molecular flexibility index (Phi) is 14.5. The van der Waals surface area contributed by atoms with Gasteiger partial charge >= 0.3 is 12.0 Å². The van der Waals surface area contributed by atoms with Crippen molar-refractivity contribution in [3.63, 3.8) is 0 Å². The van der Waals surface area contributed by atoms with Crippen LogP contribution in [0, 0.1) is 6.92 Å². The second-order valence-corrected chi connectivity index (χ2v) is 7.99. The van der Waals surface area contributed by atoms with Crippen molar-refractivity contribution in [1.29, 1.82) is 0 Å². The number of hydrogen-bond acceptors (Lipinski definition) is 2. The van der Waals surface area contributed by atoms with Crippen LogP contribution in [0.1, 0.15) is 95.5 Å². The zero-order chi connectivity index (χ0) is 21.2. The van der Waals surface area contributed by atoms with Crippen LogP contribution in [-0.2, 0) is 4.79 Å². The smallest absolute Gasteiger partial charge is 0.319 e. The van der Waals surface area contributed by atoms with Crippen LogP contribution in [0.5, 0.6) is 0 Å². The van der Waals surface area contributed by atoms with Crippen LogP contribution in [-0.4, -0.2) is 23.7 Å². The molecule has 1 aromatic carbocycles. The van der Waals surface area contributed by atoms with Crippen molar-refractivity contribution in [2.24, 2.45) is 0 Å². The lowest BCUT2D eigenvalue weighted by Gasteiger charge is -2.08. The Bertz CT molecular complexity index is 558. The van der Waals surface area contributed by atoms with Gasteiger partial charge in [-0.2, -0.15) is 0 Å². The van der Waals surface area contributed by atoms with Crippen LogP contribution in [0.15, 0.2) is 24.3 Å². The van der Waals surface area contributed by atoms with E-state index in [2.05, 4.69) is 10.6 Å². The van der Waals surface area contributed by atoms with Gasteiger partial charge in [0, 0.05) is 18.7 Å². The Hall–Kier alpha value is -2.04. The summed E-state index contributed by atoms with van der Waals surface area (Å²) in [6, 6.07) is 7.67. The Morgan fingerprint density at radius 1 is 0.724 bits per heavy atom. The molecule has 0 aliphatic rings. The number of carbonyl (C=O) groups excluding carboxylic acids is 1. The van der Waals surface area contributed by atoms with Crippen LogP contribution < -0.4 is 10.6 Å². The molecule has 164 valence electrons. The first kappa shape index (κ1) is 25.0. The summed E-state index contributed by atoms with van der Waals surface area (Å²) in [4.78, 5) is 22.2. The minimum Gasteiger partial charge on any atom is -0.481 e. The number of benzene rings is 1. The summed E-state index contributed by atoms with van der Waals surface area (Å²) in [7, 11) is 0. The molecule has 0 unspecified atom stereocenters. The zero-order valence-corrected chi connectivity index (χ0v) is 18.2. The maximum Gasteiger partial charge on any atom is 0.319 e. The number of urea groups is 1. The minimum absolute atomic E-state index is 0.129. The number of hydrogen-bond donors (Lipinski definition) is 3. The van der Waals surface area contributed by atoms with Gasteiger partial charge in [0.2, 0.25) is 0 Å². The molecule has 1 rings (SSSR count). The van der Waals surface area contributed by atoms with Crippen molar-refractivity contribution < 1.29 is 14.7 Å². The number of carboxylic acids is 1. The fourth-order valence-electron chi connectivity index (χ4n) is 3.36. The second kappa shape index (κ2) is 16.9. The van der Waals surface area contributed by atoms with Gasteiger partial charge in [0.15, 0.2) is 0 Å². The van der Waals surface area contributed by atoms with Gasteiger partial charge in [-0.15, -0.1) is 0 Å². The summed E-state index contributed by atoms with van der Waals surface area (Å²) in [6.45, 7) is 2.75. The first-order valence-electron chi connectivity index (χ1n) is 11.4. The molecule has 0 aliphatic heterocycles. The molecule has 0 saturated heterocycles. The Labute approximate surface area is 176 Å². The van der Waals surface area contributed by atoms with Crippen molar-refractivity contribution in [2.75, 3.05) is 11.9 Å². The van der Waals surface area contributed by atoms with E-state index >= 15 is 0 Å². The van der Waals surface area contributed by atoms with Crippen LogP contribution in [0.25, 0.3) is 0 Å². The summed E-state index contributed by atoms with van der Waals surface area (Å²) >= 11 is 0. The fraction of sp³-hybridized carbons (Fsp3) is 0.667. The number of carboxylic acid groups (broad SMARTS) is 1. The topological polar surface area (TPSA) is 78.4 Å². The molecule has 0 aromatic heterocycles. The minimum atomic E-state index is -0.676. The number of aryl methyl sites for hydroxylation is 1. The molecule has 0 atom stereocenters. The molecule has 0 radical (unpaired) electrons. The Morgan fingerprint density at radius 3 is 1.66 bits per heavy atom. The number of anilines is 1. The number of carbonyl (C=O) groups is 2. The predicted molar refractivity (Wildman–Crippen MR) is 120 cm³/mol. The molecule has 0 spiro atoms. The van der Waals surface area contributed by atoms with E-state index in [1.54, 1.807) is 0 Å². The second-order valence-electron chi connectivity index (χ2n) is 7.99. The average Bonchev–Trinajstić information content (AvgIpc) is 2.69. The summed E-state index contributed by atoms with van der Waals surface area (Å²) in [5, 5.41) is 14.3. The van der Waals surface area contributed by atoms with Gasteiger partial charge in [0.05, 0.1) is 0 Å². The molecular formula is C24H40N2O3. The quantitative estimate of drug-likeness (QED) is 0.254. The summed E-state index contributed by atoms with van der Waals surface area (Å²) in [5.74, 6) is -0.676. The van der Waals surface area contributed by atoms with E-state index in [0.29, 0.717) is 6.42 Å². The molecule has 2 amide bonds. The number of unbranched alkanes of at least 4 members (excludes halogenated alkanes) is 12. The highest BCUT2D eigenvalue weighted by atomic mass is 16.4. The van der Waals surface area contributed by atoms with E-state index in [1.807, 2.05) is 31.2 Å². The van der Waals surface area contributed by atoms with E-state index in [1.165, 1.54) is 69.8 Å². The third-order valence-corrected chi connectivity index (χ3v) is 5.16. The highest BCUT2D eigenvalue weighted by Gasteiger charge is 2.01. The maximum atomic E-state index is 11.8. The van der Waals surface area contributed by atoms with E-state index in [4.69, 9.17) is 5.11 Å². The van der Waals surface area contributed by atoms with Crippen LogP contribution >= 0.6 is 0 Å². The molecule has 5 nitrogen and oxygen atoms in total. The maximum absolute atomic E-state index is 11.8. The van der Waals surface area contributed by atoms with E-state index in [0.717, 1.165) is 31.5 Å². The molecule has 5 heteroatoms. The molecule has 0 aliphatic carbocycles. The molecule has 3 N–H and O–H groups in total. The summed E-state index contributed by atoms with van der Waals surface area (Å²) < 4.78 is 0. The molecule has 0 fully saturated rings. The number of nitrogens with one attached hydrogen (secondary N) is 2. The Balaban J connectivity index is 1.79. The van der Waals surface area contributed by atoms with Gasteiger partial charge in [-0.1, -0.05) is 88.3 Å². The largest absolute Gasteiger partial charge is 0.481 e. The lowest BCUT2D eigenvalue weighted by atomic mass is 10.0. The van der Waals surface area contributed by atoms with Crippen LogP contribution in [0.3, 0.4) is 0 Å². The molecule has 0 bridgehead atoms. The third-order valence-electron chi connectivity index (χ3n) is 5.16. The summed E-state index contributed by atoms with van der Waals surface area (Å²) in [5.41, 5.74) is 2.01. The van der Waals surface area contributed by atoms with Crippen LogP contribution in [0.2, 0.25) is 0 Å². The lowest BCUT2D eigenvalue weighted by Crippen LogP contribution is -2.29. The van der Waals surface area contributed by atoms with Gasteiger partial charge in [-0.05, 0) is 31.9 Å². The molecule has 0 saturated carbocycles. The molecule has 29 heavy (non-hydrogen) atoms. The van der Waals surface area contributed by atoms with E-state index in [-0.39, 0.29) is 6.03 Å². The molecular weight excluding hydrogens is 364 g/mol. The highest BCUT2D eigenvalue weighted by molar-refractivity contribution is 5.89. The standard InChI is InChI=1S/C24H40N2O3/c1-21-16-18-22(19-17-21)26-24(29)25-20-14-12-10-8-6-4-2-3-5-7-9-11-13-15-23(27)28/h16-19H,2-15,20H2,1H3,(H,27,28)(H2,25,26,29). The molecule has 1 aromatic rings. The third kappa shape index (κ3) is 15.5. The normalized spacial score (nSPS) is 10.7. The van der Waals surface area contributed by atoms with Crippen molar-refractivity contribution in [3.8, 4) is 0 Å². The van der Waals surface area contributed by atoms with Gasteiger partial charge in [0.25, 0.3) is 0 Å². The van der Waals surface area contributed by atoms with Crippen LogP contribution in [0.4, 0.5) is 10.5 Å². The van der Waals surface area contributed by atoms with E-state index < -0.39 is 5.97 Å². The van der Waals surface area contributed by atoms with Gasteiger partial charge < -0.3 is 15.7 Å². The van der Waals surface area contributed by atoms with Gasteiger partial charge in [-0.25, -0.2) is 4.79 Å². The molecule has 0 heterocycles. The van der Waals surface area contributed by atoms with Gasteiger partial charge in [-0.3, -0.25) is 4.79 Å². The van der Waals surface area contributed by atoms with Crippen molar-refractivity contribution in [1.82, 2.24) is 5.32 Å². The number of amides is 2. The highest BCUT2D eigenvalue weighted by Crippen LogP contribution is 2.13. The van der Waals surface area contributed by atoms with Crippen molar-refractivity contribution in [2.45, 2.75) is 96.8 Å². The van der Waals surface area contributed by atoms with E-state index in [9.17, 15) is 9.59 Å². The fourth-order valence-corrected chi connectivity index (χ4v) is 3.36.